The Kier molecular flexibility index (Phi) is 4.10. The first-order valence-corrected chi connectivity index (χ1v) is 7.66. The molecule has 21 heavy (non-hydrogen) atoms. The maximum absolute atomic E-state index is 12.2. The van der Waals surface area contributed by atoms with Gasteiger partial charge in [0.05, 0.1) is 18.3 Å². The van der Waals surface area contributed by atoms with Crippen LogP contribution in [0.3, 0.4) is 0 Å². The molecule has 1 aromatic heterocycles. The topological polar surface area (TPSA) is 62.7 Å². The van der Waals surface area contributed by atoms with E-state index in [2.05, 4.69) is 4.98 Å². The van der Waals surface area contributed by atoms with Crippen molar-refractivity contribution in [3.05, 3.63) is 23.9 Å². The first kappa shape index (κ1) is 14.3. The van der Waals surface area contributed by atoms with Gasteiger partial charge in [-0.15, -0.1) is 0 Å². The number of ether oxygens (including phenoxy) is 1. The second-order valence-corrected chi connectivity index (χ2v) is 6.23. The first-order valence-electron chi connectivity index (χ1n) is 7.66. The van der Waals surface area contributed by atoms with Gasteiger partial charge in [-0.2, -0.15) is 0 Å². The summed E-state index contributed by atoms with van der Waals surface area (Å²) in [6.07, 6.45) is 5.75. The first-order chi connectivity index (χ1) is 10.1. The maximum Gasteiger partial charge on any atom is 0.255 e. The lowest BCUT2D eigenvalue weighted by molar-refractivity contribution is 0.0645. The quantitative estimate of drug-likeness (QED) is 0.830. The number of amides is 1. The summed E-state index contributed by atoms with van der Waals surface area (Å²) >= 11 is 0. The maximum atomic E-state index is 12.2. The summed E-state index contributed by atoms with van der Waals surface area (Å²) in [4.78, 5) is 18.0. The van der Waals surface area contributed by atoms with Crippen LogP contribution in [0.5, 0.6) is 5.88 Å². The average Bonchev–Trinajstić information content (AvgIpc) is 3.38. The molecule has 0 saturated heterocycles. The van der Waals surface area contributed by atoms with Gasteiger partial charge < -0.3 is 14.7 Å². The van der Waals surface area contributed by atoms with E-state index in [4.69, 9.17) is 4.74 Å². The Labute approximate surface area is 124 Å². The van der Waals surface area contributed by atoms with Gasteiger partial charge in [0.25, 0.3) is 5.91 Å². The lowest BCUT2D eigenvalue weighted by Gasteiger charge is -2.20. The van der Waals surface area contributed by atoms with Gasteiger partial charge in [0.2, 0.25) is 5.88 Å². The lowest BCUT2D eigenvalue weighted by atomic mass is 10.2. The van der Waals surface area contributed by atoms with Crippen molar-refractivity contribution in [2.45, 2.75) is 31.8 Å². The molecule has 5 nitrogen and oxygen atoms in total. The van der Waals surface area contributed by atoms with Crippen molar-refractivity contribution in [2.24, 2.45) is 11.8 Å². The highest BCUT2D eigenvalue weighted by Crippen LogP contribution is 2.33. The largest absolute Gasteiger partial charge is 0.477 e. The third kappa shape index (κ3) is 3.94. The molecule has 0 aromatic carbocycles. The molecule has 2 fully saturated rings. The highest BCUT2D eigenvalue weighted by molar-refractivity contribution is 5.93. The van der Waals surface area contributed by atoms with Crippen LogP contribution in [0.4, 0.5) is 0 Å². The molecule has 0 spiro atoms. The van der Waals surface area contributed by atoms with Crippen molar-refractivity contribution in [1.82, 2.24) is 9.88 Å². The summed E-state index contributed by atoms with van der Waals surface area (Å²) in [6, 6.07) is 3.47. The molecule has 1 amide bonds. The summed E-state index contributed by atoms with van der Waals surface area (Å²) in [5.41, 5.74) is 0.527. The van der Waals surface area contributed by atoms with Gasteiger partial charge in [0, 0.05) is 25.9 Å². The Morgan fingerprint density at radius 1 is 1.43 bits per heavy atom. The molecule has 1 aromatic rings. The van der Waals surface area contributed by atoms with Crippen LogP contribution in [0.2, 0.25) is 0 Å². The van der Waals surface area contributed by atoms with Crippen molar-refractivity contribution in [1.29, 1.82) is 0 Å². The molecule has 2 aliphatic rings. The second-order valence-electron chi connectivity index (χ2n) is 6.23. The van der Waals surface area contributed by atoms with Crippen LogP contribution < -0.4 is 4.74 Å². The number of hydrogen-bond acceptors (Lipinski definition) is 4. The zero-order chi connectivity index (χ0) is 14.8. The molecule has 0 radical (unpaired) electrons. The molecular weight excluding hydrogens is 268 g/mol. The number of nitrogens with zero attached hydrogens (tertiary/aromatic N) is 2. The number of aromatic nitrogens is 1. The van der Waals surface area contributed by atoms with Crippen molar-refractivity contribution >= 4 is 5.91 Å². The predicted molar refractivity (Wildman–Crippen MR) is 78.1 cm³/mol. The van der Waals surface area contributed by atoms with Gasteiger partial charge >= 0.3 is 0 Å². The number of carbonyl (C=O) groups is 1. The number of rotatable bonds is 7. The van der Waals surface area contributed by atoms with Crippen LogP contribution in [0.1, 0.15) is 36.0 Å². The second kappa shape index (κ2) is 6.02. The summed E-state index contributed by atoms with van der Waals surface area (Å²) in [5.74, 6) is 1.51. The molecular formula is C16H22N2O3. The molecule has 5 heteroatoms. The molecule has 2 aliphatic carbocycles. The number of carbonyl (C=O) groups excluding carboxylic acids is 1. The van der Waals surface area contributed by atoms with Crippen LogP contribution >= 0.6 is 0 Å². The molecule has 1 atom stereocenters. The van der Waals surface area contributed by atoms with E-state index in [0.29, 0.717) is 36.4 Å². The van der Waals surface area contributed by atoms with Gasteiger partial charge in [0.1, 0.15) is 0 Å². The van der Waals surface area contributed by atoms with Gasteiger partial charge in [0.15, 0.2) is 0 Å². The van der Waals surface area contributed by atoms with Crippen LogP contribution in [0.25, 0.3) is 0 Å². The minimum absolute atomic E-state index is 0.115. The summed E-state index contributed by atoms with van der Waals surface area (Å²) < 4.78 is 5.55. The molecule has 1 N–H and O–H groups in total. The molecule has 3 rings (SSSR count). The third-order valence-electron chi connectivity index (χ3n) is 4.12. The average molecular weight is 290 g/mol. The molecule has 0 bridgehead atoms. The van der Waals surface area contributed by atoms with Crippen LogP contribution in [0, 0.1) is 11.8 Å². The summed E-state index contributed by atoms with van der Waals surface area (Å²) in [5, 5.41) is 9.90. The summed E-state index contributed by atoms with van der Waals surface area (Å²) in [7, 11) is 1.71. The number of aliphatic hydroxyl groups excluding tert-OH is 1. The zero-order valence-electron chi connectivity index (χ0n) is 12.4. The van der Waals surface area contributed by atoms with E-state index in [1.165, 1.54) is 12.8 Å². The Morgan fingerprint density at radius 3 is 2.76 bits per heavy atom. The number of pyridine rings is 1. The molecule has 1 unspecified atom stereocenters. The van der Waals surface area contributed by atoms with Crippen molar-refractivity contribution in [3.8, 4) is 5.88 Å². The predicted octanol–water partition coefficient (Wildman–Crippen LogP) is 1.71. The van der Waals surface area contributed by atoms with Gasteiger partial charge in [-0.25, -0.2) is 4.98 Å². The van der Waals surface area contributed by atoms with E-state index < -0.39 is 6.10 Å². The normalized spacial score (nSPS) is 19.1. The molecule has 2 saturated carbocycles. The standard InChI is InChI=1S/C16H22N2O3/c1-18(9-14(19)12-4-5-12)16(20)13-6-7-15(17-8-13)21-10-11-2-3-11/h6-8,11-12,14,19H,2-5,9-10H2,1H3. The Bertz CT molecular complexity index is 495. The zero-order valence-corrected chi connectivity index (χ0v) is 12.4. The van der Waals surface area contributed by atoms with E-state index in [1.54, 1.807) is 30.3 Å². The van der Waals surface area contributed by atoms with Gasteiger partial charge in [-0.1, -0.05) is 0 Å². The van der Waals surface area contributed by atoms with Gasteiger partial charge in [-0.3, -0.25) is 4.79 Å². The molecule has 114 valence electrons. The van der Waals surface area contributed by atoms with Crippen LogP contribution in [0.15, 0.2) is 18.3 Å². The fourth-order valence-corrected chi connectivity index (χ4v) is 2.29. The number of aliphatic hydroxyl groups is 1. The minimum atomic E-state index is -0.409. The highest BCUT2D eigenvalue weighted by Gasteiger charge is 2.31. The Morgan fingerprint density at radius 2 is 2.19 bits per heavy atom. The SMILES string of the molecule is CN(CC(O)C1CC1)C(=O)c1ccc(OCC2CC2)nc1. The van der Waals surface area contributed by atoms with Crippen LogP contribution in [-0.4, -0.2) is 47.2 Å². The molecule has 0 aliphatic heterocycles. The Balaban J connectivity index is 1.52. The minimum Gasteiger partial charge on any atom is -0.477 e. The van der Waals surface area contributed by atoms with E-state index >= 15 is 0 Å². The Hall–Kier alpha value is -1.62. The van der Waals surface area contributed by atoms with Gasteiger partial charge in [-0.05, 0) is 43.6 Å². The molecule has 1 heterocycles. The lowest BCUT2D eigenvalue weighted by Crippen LogP contribution is -2.35. The van der Waals surface area contributed by atoms with E-state index in [-0.39, 0.29) is 5.91 Å². The highest BCUT2D eigenvalue weighted by atomic mass is 16.5. The fraction of sp³-hybridized carbons (Fsp3) is 0.625. The number of hydrogen-bond donors (Lipinski definition) is 1. The monoisotopic (exact) mass is 290 g/mol. The van der Waals surface area contributed by atoms with E-state index in [0.717, 1.165) is 12.8 Å². The fourth-order valence-electron chi connectivity index (χ4n) is 2.29. The third-order valence-corrected chi connectivity index (χ3v) is 4.12. The van der Waals surface area contributed by atoms with Crippen molar-refractivity contribution in [2.75, 3.05) is 20.2 Å². The number of likely N-dealkylation sites (N-methyl/N-ethyl adjacent to an activating group) is 1. The van der Waals surface area contributed by atoms with E-state index in [9.17, 15) is 9.90 Å². The van der Waals surface area contributed by atoms with Crippen molar-refractivity contribution < 1.29 is 14.6 Å². The smallest absolute Gasteiger partial charge is 0.255 e. The van der Waals surface area contributed by atoms with Crippen molar-refractivity contribution in [3.63, 3.8) is 0 Å². The van der Waals surface area contributed by atoms with E-state index in [1.807, 2.05) is 0 Å². The summed E-state index contributed by atoms with van der Waals surface area (Å²) in [6.45, 7) is 1.09. The van der Waals surface area contributed by atoms with Crippen LogP contribution in [-0.2, 0) is 0 Å².